The van der Waals surface area contributed by atoms with Crippen molar-refractivity contribution in [1.29, 1.82) is 0 Å². The molecule has 1 aliphatic rings. The van der Waals surface area contributed by atoms with Crippen molar-refractivity contribution in [3.8, 4) is 5.75 Å². The van der Waals surface area contributed by atoms with Crippen LogP contribution in [0.15, 0.2) is 41.0 Å². The minimum absolute atomic E-state index is 0.00961. The number of carbonyl (C=O) groups is 2. The van der Waals surface area contributed by atoms with Crippen molar-refractivity contribution < 1.29 is 23.8 Å². The van der Waals surface area contributed by atoms with Gasteiger partial charge >= 0.3 is 5.97 Å². The van der Waals surface area contributed by atoms with Gasteiger partial charge in [0, 0.05) is 19.2 Å². The van der Waals surface area contributed by atoms with E-state index >= 15 is 0 Å². The number of carbonyl (C=O) groups excluding carboxylic acids is 1. The van der Waals surface area contributed by atoms with E-state index in [4.69, 9.17) is 14.3 Å². The van der Waals surface area contributed by atoms with Crippen LogP contribution in [-0.4, -0.2) is 42.1 Å². The van der Waals surface area contributed by atoms with E-state index in [1.807, 2.05) is 18.2 Å². The summed E-state index contributed by atoms with van der Waals surface area (Å²) in [7, 11) is 1.65. The number of hydrogen-bond donors (Lipinski definition) is 1. The normalized spacial score (nSPS) is 15.3. The van der Waals surface area contributed by atoms with Crippen LogP contribution in [0.2, 0.25) is 0 Å². The summed E-state index contributed by atoms with van der Waals surface area (Å²) in [5.41, 5.74) is 1.21. The maximum atomic E-state index is 12.4. The molecule has 126 valence electrons. The van der Waals surface area contributed by atoms with Crippen LogP contribution in [0.5, 0.6) is 5.75 Å². The number of piperidine rings is 1. The highest BCUT2D eigenvalue weighted by atomic mass is 16.5. The number of rotatable bonds is 4. The van der Waals surface area contributed by atoms with Gasteiger partial charge in [-0.05, 0) is 36.5 Å². The van der Waals surface area contributed by atoms with Gasteiger partial charge in [0.2, 0.25) is 0 Å². The number of carboxylic acid groups (broad SMARTS) is 1. The number of aromatic carboxylic acids is 1. The molecule has 6 nitrogen and oxygen atoms in total. The molecule has 24 heavy (non-hydrogen) atoms. The van der Waals surface area contributed by atoms with Crippen LogP contribution in [0.25, 0.3) is 0 Å². The summed E-state index contributed by atoms with van der Waals surface area (Å²) >= 11 is 0. The van der Waals surface area contributed by atoms with Gasteiger partial charge in [0.25, 0.3) is 5.91 Å². The zero-order chi connectivity index (χ0) is 17.1. The average molecular weight is 329 g/mol. The molecule has 0 radical (unpaired) electrons. The number of ether oxygens (including phenoxy) is 1. The number of nitrogens with zero attached hydrogens (tertiary/aromatic N) is 1. The molecule has 1 N–H and O–H groups in total. The number of benzene rings is 1. The Hall–Kier alpha value is -2.76. The minimum atomic E-state index is -1.10. The van der Waals surface area contributed by atoms with Gasteiger partial charge in [-0.2, -0.15) is 0 Å². The van der Waals surface area contributed by atoms with E-state index < -0.39 is 5.97 Å². The SMILES string of the molecule is COc1cccc(C2CCN(C(=O)c3cc(C(=O)O)co3)CC2)c1. The molecule has 1 aromatic carbocycles. The molecule has 2 heterocycles. The van der Waals surface area contributed by atoms with Crippen LogP contribution < -0.4 is 4.74 Å². The van der Waals surface area contributed by atoms with Crippen molar-refractivity contribution in [2.75, 3.05) is 20.2 Å². The predicted octanol–water partition coefficient (Wildman–Crippen LogP) is 3.01. The molecule has 0 aliphatic carbocycles. The lowest BCUT2D eigenvalue weighted by atomic mass is 9.89. The molecule has 1 aliphatic heterocycles. The first-order valence-electron chi connectivity index (χ1n) is 7.83. The number of methoxy groups -OCH3 is 1. The highest BCUT2D eigenvalue weighted by Gasteiger charge is 2.27. The molecule has 3 rings (SSSR count). The van der Waals surface area contributed by atoms with E-state index in [2.05, 4.69) is 6.07 Å². The summed E-state index contributed by atoms with van der Waals surface area (Å²) in [6.45, 7) is 1.23. The van der Waals surface area contributed by atoms with Crippen molar-refractivity contribution in [3.63, 3.8) is 0 Å². The smallest absolute Gasteiger partial charge is 0.338 e. The van der Waals surface area contributed by atoms with Crippen molar-refractivity contribution in [3.05, 3.63) is 53.5 Å². The van der Waals surface area contributed by atoms with Crippen LogP contribution in [0, 0.1) is 0 Å². The zero-order valence-electron chi connectivity index (χ0n) is 13.4. The van der Waals surface area contributed by atoms with E-state index in [0.717, 1.165) is 24.9 Å². The van der Waals surface area contributed by atoms with Gasteiger partial charge < -0.3 is 19.2 Å². The summed E-state index contributed by atoms with van der Waals surface area (Å²) in [5.74, 6) is -0.0634. The van der Waals surface area contributed by atoms with Crippen molar-refractivity contribution in [2.45, 2.75) is 18.8 Å². The van der Waals surface area contributed by atoms with Crippen LogP contribution in [0.3, 0.4) is 0 Å². The molecule has 0 bridgehead atoms. The Morgan fingerprint density at radius 2 is 2.00 bits per heavy atom. The summed E-state index contributed by atoms with van der Waals surface area (Å²) in [6.07, 6.45) is 2.80. The number of carboxylic acids is 1. The van der Waals surface area contributed by atoms with Gasteiger partial charge in [0.15, 0.2) is 5.76 Å². The first kappa shape index (κ1) is 16.1. The quantitative estimate of drug-likeness (QED) is 0.932. The Morgan fingerprint density at radius 3 is 2.62 bits per heavy atom. The lowest BCUT2D eigenvalue weighted by Crippen LogP contribution is -2.37. The number of hydrogen-bond acceptors (Lipinski definition) is 4. The van der Waals surface area contributed by atoms with Crippen LogP contribution in [-0.2, 0) is 0 Å². The summed E-state index contributed by atoms with van der Waals surface area (Å²) in [6, 6.07) is 9.28. The second-order valence-corrected chi connectivity index (χ2v) is 5.85. The Labute approximate surface area is 139 Å². The molecule has 2 aromatic rings. The Morgan fingerprint density at radius 1 is 1.25 bits per heavy atom. The lowest BCUT2D eigenvalue weighted by molar-refractivity contribution is 0.0677. The predicted molar refractivity (Wildman–Crippen MR) is 86.5 cm³/mol. The molecular formula is C18H19NO5. The minimum Gasteiger partial charge on any atom is -0.497 e. The summed E-state index contributed by atoms with van der Waals surface area (Å²) < 4.78 is 10.4. The second kappa shape index (κ2) is 6.78. The lowest BCUT2D eigenvalue weighted by Gasteiger charge is -2.31. The van der Waals surface area contributed by atoms with Crippen molar-refractivity contribution in [1.82, 2.24) is 4.90 Å². The topological polar surface area (TPSA) is 80.0 Å². The standard InChI is InChI=1S/C18H19NO5/c1-23-15-4-2-3-13(9-15)12-5-7-19(8-6-12)17(20)16-10-14(11-24-16)18(21)22/h2-4,9-12H,5-8H2,1H3,(H,21,22). The van der Waals surface area contributed by atoms with E-state index in [1.165, 1.54) is 11.6 Å². The number of amides is 1. The molecule has 0 saturated carbocycles. The average Bonchev–Trinajstić information content (AvgIpc) is 3.12. The van der Waals surface area contributed by atoms with E-state index in [-0.39, 0.29) is 17.2 Å². The molecule has 0 spiro atoms. The summed E-state index contributed by atoms with van der Waals surface area (Å²) in [4.78, 5) is 25.0. The molecule has 0 unspecified atom stereocenters. The van der Waals surface area contributed by atoms with Gasteiger partial charge in [-0.3, -0.25) is 4.79 Å². The molecule has 1 aromatic heterocycles. The van der Waals surface area contributed by atoms with Gasteiger partial charge in [-0.1, -0.05) is 12.1 Å². The van der Waals surface area contributed by atoms with Gasteiger partial charge in [0.1, 0.15) is 12.0 Å². The van der Waals surface area contributed by atoms with Gasteiger partial charge in [-0.15, -0.1) is 0 Å². The van der Waals surface area contributed by atoms with Crippen molar-refractivity contribution in [2.24, 2.45) is 0 Å². The number of furan rings is 1. The first-order valence-corrected chi connectivity index (χ1v) is 7.83. The third-order valence-corrected chi connectivity index (χ3v) is 4.40. The molecule has 0 atom stereocenters. The van der Waals surface area contributed by atoms with Gasteiger partial charge in [-0.25, -0.2) is 4.79 Å². The monoisotopic (exact) mass is 329 g/mol. The third-order valence-electron chi connectivity index (χ3n) is 4.40. The maximum absolute atomic E-state index is 12.4. The fourth-order valence-electron chi connectivity index (χ4n) is 3.03. The highest BCUT2D eigenvalue weighted by Crippen LogP contribution is 2.30. The largest absolute Gasteiger partial charge is 0.497 e. The molecular weight excluding hydrogens is 310 g/mol. The Bertz CT molecular complexity index is 743. The third kappa shape index (κ3) is 3.27. The van der Waals surface area contributed by atoms with Crippen LogP contribution in [0.1, 0.15) is 45.2 Å². The molecule has 1 fully saturated rings. The second-order valence-electron chi connectivity index (χ2n) is 5.85. The molecule has 1 amide bonds. The fraction of sp³-hybridized carbons (Fsp3) is 0.333. The highest BCUT2D eigenvalue weighted by molar-refractivity contribution is 5.95. The first-order chi connectivity index (χ1) is 11.6. The molecule has 6 heteroatoms. The van der Waals surface area contributed by atoms with E-state index in [9.17, 15) is 9.59 Å². The van der Waals surface area contributed by atoms with Crippen LogP contribution >= 0.6 is 0 Å². The van der Waals surface area contributed by atoms with E-state index in [1.54, 1.807) is 12.0 Å². The van der Waals surface area contributed by atoms with Gasteiger partial charge in [0.05, 0.1) is 12.7 Å². The Balaban J connectivity index is 1.63. The van der Waals surface area contributed by atoms with Crippen LogP contribution in [0.4, 0.5) is 0 Å². The fourth-order valence-corrected chi connectivity index (χ4v) is 3.03. The maximum Gasteiger partial charge on any atom is 0.338 e. The zero-order valence-corrected chi connectivity index (χ0v) is 13.4. The number of likely N-dealkylation sites (tertiary alicyclic amines) is 1. The summed E-state index contributed by atoms with van der Waals surface area (Å²) in [5, 5.41) is 8.90. The van der Waals surface area contributed by atoms with E-state index in [0.29, 0.717) is 19.0 Å². The molecule has 1 saturated heterocycles. The van der Waals surface area contributed by atoms with Crippen molar-refractivity contribution >= 4 is 11.9 Å². The Kier molecular flexibility index (Phi) is 4.55.